The van der Waals surface area contributed by atoms with Crippen LogP contribution in [0.25, 0.3) is 6.08 Å². The predicted molar refractivity (Wildman–Crippen MR) is 190 cm³/mol. The zero-order valence-corrected chi connectivity index (χ0v) is 27.4. The van der Waals surface area contributed by atoms with Crippen molar-refractivity contribution < 1.29 is 23.5 Å². The monoisotopic (exact) mass is 696 g/mol. The molecule has 1 saturated heterocycles. The lowest BCUT2D eigenvalue weighted by molar-refractivity contribution is -0.122. The largest absolute Gasteiger partial charge is 0.483 e. The number of carbonyl (C=O) groups is 2. The van der Waals surface area contributed by atoms with E-state index in [0.717, 1.165) is 23.1 Å². The second-order valence-electron chi connectivity index (χ2n) is 10.2. The van der Waals surface area contributed by atoms with Gasteiger partial charge in [0.25, 0.3) is 11.8 Å². The number of anilines is 1. The topological polar surface area (TPSA) is 106 Å². The molecule has 1 aromatic heterocycles. The number of benzene rings is 4. The molecule has 1 aliphatic rings. The molecule has 0 bridgehead atoms. The summed E-state index contributed by atoms with van der Waals surface area (Å²) >= 11 is 13.4. The van der Waals surface area contributed by atoms with Crippen LogP contribution in [0.2, 0.25) is 10.0 Å². The number of furan rings is 1. The van der Waals surface area contributed by atoms with Crippen LogP contribution in [0.15, 0.2) is 135 Å². The van der Waals surface area contributed by atoms with Gasteiger partial charge in [-0.1, -0.05) is 53.5 Å². The fourth-order valence-corrected chi connectivity index (χ4v) is 5.72. The molecule has 1 N–H and O–H groups in total. The number of para-hydroxylation sites is 1. The molecule has 48 heavy (non-hydrogen) atoms. The summed E-state index contributed by atoms with van der Waals surface area (Å²) in [6.07, 6.45) is 4.77. The molecule has 12 heteroatoms. The lowest BCUT2D eigenvalue weighted by atomic mass is 10.2. The van der Waals surface area contributed by atoms with Gasteiger partial charge in [0.05, 0.1) is 23.9 Å². The van der Waals surface area contributed by atoms with Crippen LogP contribution in [0.1, 0.15) is 16.9 Å². The van der Waals surface area contributed by atoms with E-state index in [1.54, 1.807) is 66.9 Å². The number of thioether (sulfide) groups is 1. The molecule has 240 valence electrons. The van der Waals surface area contributed by atoms with Crippen molar-refractivity contribution in [3.63, 3.8) is 0 Å². The average Bonchev–Trinajstić information content (AvgIpc) is 3.70. The molecule has 5 aromatic rings. The predicted octanol–water partition coefficient (Wildman–Crippen LogP) is 8.90. The van der Waals surface area contributed by atoms with E-state index in [4.69, 9.17) is 37.1 Å². The highest BCUT2D eigenvalue weighted by Crippen LogP contribution is 2.36. The molecule has 1 fully saturated rings. The quantitative estimate of drug-likeness (QED) is 0.0840. The van der Waals surface area contributed by atoms with Crippen molar-refractivity contribution >= 4 is 69.9 Å². The minimum absolute atomic E-state index is 0.148. The van der Waals surface area contributed by atoms with E-state index in [1.165, 1.54) is 11.2 Å². The molecule has 2 heterocycles. The molecule has 1 aliphatic heterocycles. The zero-order valence-electron chi connectivity index (χ0n) is 25.1. The van der Waals surface area contributed by atoms with Crippen molar-refractivity contribution in [2.75, 3.05) is 11.9 Å². The van der Waals surface area contributed by atoms with Crippen molar-refractivity contribution in [2.24, 2.45) is 10.2 Å². The highest BCUT2D eigenvalue weighted by molar-refractivity contribution is 8.18. The van der Waals surface area contributed by atoms with E-state index in [9.17, 15) is 9.59 Å². The van der Waals surface area contributed by atoms with Gasteiger partial charge in [0.1, 0.15) is 23.0 Å². The van der Waals surface area contributed by atoms with E-state index in [0.29, 0.717) is 48.6 Å². The first kappa shape index (κ1) is 32.6. The Morgan fingerprint density at radius 1 is 0.896 bits per heavy atom. The third kappa shape index (κ3) is 8.74. The zero-order chi connectivity index (χ0) is 33.3. The molecular weight excluding hydrogens is 671 g/mol. The Hall–Kier alpha value is -5.29. The number of rotatable bonds is 11. The van der Waals surface area contributed by atoms with Crippen LogP contribution in [0.4, 0.5) is 5.69 Å². The van der Waals surface area contributed by atoms with Crippen LogP contribution >= 0.6 is 35.0 Å². The Labute approximate surface area is 290 Å². The van der Waals surface area contributed by atoms with E-state index in [-0.39, 0.29) is 25.0 Å². The Bertz CT molecular complexity index is 2000. The first-order chi connectivity index (χ1) is 23.4. The Morgan fingerprint density at radius 3 is 2.48 bits per heavy atom. The first-order valence-electron chi connectivity index (χ1n) is 14.6. The molecule has 0 radical (unpaired) electrons. The highest BCUT2D eigenvalue weighted by Gasteiger charge is 2.34. The van der Waals surface area contributed by atoms with E-state index >= 15 is 0 Å². The van der Waals surface area contributed by atoms with Gasteiger partial charge in [-0.05, 0) is 102 Å². The summed E-state index contributed by atoms with van der Waals surface area (Å²) in [6.45, 7) is -0.125. The van der Waals surface area contributed by atoms with Crippen molar-refractivity contribution in [3.05, 3.63) is 147 Å². The van der Waals surface area contributed by atoms with Gasteiger partial charge in [0.2, 0.25) is 0 Å². The third-order valence-corrected chi connectivity index (χ3v) is 8.20. The smallest absolute Gasteiger partial charge is 0.267 e. The number of hydrogen-bond acceptors (Lipinski definition) is 8. The summed E-state index contributed by atoms with van der Waals surface area (Å²) in [5.74, 6) is 1.63. The molecule has 2 amide bonds. The van der Waals surface area contributed by atoms with Gasteiger partial charge in [-0.3, -0.25) is 14.5 Å². The molecule has 4 aromatic carbocycles. The highest BCUT2D eigenvalue weighted by atomic mass is 35.5. The van der Waals surface area contributed by atoms with Crippen LogP contribution in [-0.2, 0) is 16.1 Å². The number of hydrogen-bond donors (Lipinski definition) is 1. The van der Waals surface area contributed by atoms with Crippen molar-refractivity contribution in [3.8, 4) is 17.2 Å². The fraction of sp³-hybridized carbons (Fsp3) is 0.0556. The van der Waals surface area contributed by atoms with Crippen LogP contribution in [-0.4, -0.2) is 34.7 Å². The molecule has 0 spiro atoms. The number of ether oxygens (including phenoxy) is 2. The summed E-state index contributed by atoms with van der Waals surface area (Å²) < 4.78 is 17.3. The molecule has 0 unspecified atom stereocenters. The second kappa shape index (κ2) is 15.5. The second-order valence-corrected chi connectivity index (χ2v) is 12.1. The lowest BCUT2D eigenvalue weighted by Crippen LogP contribution is -2.28. The van der Waals surface area contributed by atoms with Crippen molar-refractivity contribution in [2.45, 2.75) is 6.54 Å². The van der Waals surface area contributed by atoms with Gasteiger partial charge < -0.3 is 19.2 Å². The van der Waals surface area contributed by atoms with E-state index in [2.05, 4.69) is 15.5 Å². The molecule has 0 aliphatic carbocycles. The van der Waals surface area contributed by atoms with Crippen LogP contribution in [0.3, 0.4) is 0 Å². The third-order valence-electron chi connectivity index (χ3n) is 6.71. The van der Waals surface area contributed by atoms with E-state index in [1.807, 2.05) is 54.6 Å². The normalized spacial score (nSPS) is 14.6. The summed E-state index contributed by atoms with van der Waals surface area (Å²) in [5.41, 5.74) is 1.85. The number of carbonyl (C=O) groups excluding carboxylic acids is 2. The van der Waals surface area contributed by atoms with Gasteiger partial charge in [-0.2, -0.15) is 5.10 Å². The Balaban J connectivity index is 1.20. The SMILES string of the molecule is O=C(COc1ccc(Cl)cc1/C=C1\S/C(=N\N=C\c2cccc(Oc3ccccc3)c2)N(Cc2ccco2)C1=O)Nc1ccc(Cl)cc1. The molecule has 6 rings (SSSR count). The lowest BCUT2D eigenvalue weighted by Gasteiger charge is -2.13. The summed E-state index contributed by atoms with van der Waals surface area (Å²) in [5, 5.41) is 12.8. The maximum Gasteiger partial charge on any atom is 0.267 e. The van der Waals surface area contributed by atoms with Gasteiger partial charge in [-0.25, -0.2) is 0 Å². The number of nitrogens with zero attached hydrogens (tertiary/aromatic N) is 3. The number of halogens is 2. The van der Waals surface area contributed by atoms with Crippen molar-refractivity contribution in [1.29, 1.82) is 0 Å². The average molecular weight is 698 g/mol. The Morgan fingerprint density at radius 2 is 1.69 bits per heavy atom. The number of amidine groups is 1. The maximum atomic E-state index is 13.7. The number of nitrogens with one attached hydrogen (secondary N) is 1. The maximum absolute atomic E-state index is 13.7. The fourth-order valence-electron chi connectivity index (χ4n) is 4.49. The van der Waals surface area contributed by atoms with Crippen LogP contribution in [0, 0.1) is 0 Å². The summed E-state index contributed by atoms with van der Waals surface area (Å²) in [6, 6.07) is 32.1. The molecular formula is C36H26Cl2N4O5S. The number of amides is 2. The van der Waals surface area contributed by atoms with Crippen molar-refractivity contribution in [1.82, 2.24) is 4.90 Å². The minimum Gasteiger partial charge on any atom is -0.483 e. The van der Waals surface area contributed by atoms with Gasteiger partial charge in [0.15, 0.2) is 11.8 Å². The minimum atomic E-state index is -0.369. The van der Waals surface area contributed by atoms with Crippen LogP contribution < -0.4 is 14.8 Å². The van der Waals surface area contributed by atoms with Gasteiger partial charge >= 0.3 is 0 Å². The van der Waals surface area contributed by atoms with Gasteiger partial charge in [0, 0.05) is 21.3 Å². The molecule has 9 nitrogen and oxygen atoms in total. The van der Waals surface area contributed by atoms with Gasteiger partial charge in [-0.15, -0.1) is 5.10 Å². The summed E-state index contributed by atoms with van der Waals surface area (Å²) in [7, 11) is 0. The standard InChI is InChI=1S/C36H26Cl2N4O5S/c37-26-11-14-28(15-12-26)40-34(43)23-46-32-16-13-27(38)19-25(32)20-33-35(44)42(22-31-10-5-17-45-31)36(48-33)41-39-21-24-6-4-9-30(18-24)47-29-7-2-1-3-8-29/h1-21H,22-23H2,(H,40,43)/b33-20-,39-21+,41-36-. The summed E-state index contributed by atoms with van der Waals surface area (Å²) in [4.78, 5) is 28.1. The Kier molecular flexibility index (Phi) is 10.6. The molecule has 0 saturated carbocycles. The van der Waals surface area contributed by atoms with Crippen LogP contribution in [0.5, 0.6) is 17.2 Å². The first-order valence-corrected chi connectivity index (χ1v) is 16.1. The van der Waals surface area contributed by atoms with E-state index < -0.39 is 0 Å². The molecule has 0 atom stereocenters.